The number of fused-ring (bicyclic) bond motifs is 1. The lowest BCUT2D eigenvalue weighted by atomic mass is 10.1. The zero-order valence-corrected chi connectivity index (χ0v) is 16.2. The lowest BCUT2D eigenvalue weighted by molar-refractivity contribution is 0.0721. The maximum atomic E-state index is 13.0. The fraction of sp³-hybridized carbons (Fsp3) is 0.286. The molecule has 4 rings (SSSR count). The molecule has 1 N–H and O–H groups in total. The fourth-order valence-electron chi connectivity index (χ4n) is 3.50. The van der Waals surface area contributed by atoms with Crippen LogP contribution in [-0.4, -0.2) is 39.2 Å². The SMILES string of the molecule is O=C(NCc1ccccc1Cl)c1nc(C(=O)N2CCCCC2)c2ccccn12. The van der Waals surface area contributed by atoms with Gasteiger partial charge in [0.25, 0.3) is 11.8 Å². The van der Waals surface area contributed by atoms with E-state index in [-0.39, 0.29) is 24.2 Å². The van der Waals surface area contributed by atoms with Gasteiger partial charge in [-0.15, -0.1) is 0 Å². The Morgan fingerprint density at radius 3 is 2.57 bits per heavy atom. The Bertz CT molecular complexity index is 1020. The number of rotatable bonds is 4. The lowest BCUT2D eigenvalue weighted by Crippen LogP contribution is -2.36. The van der Waals surface area contributed by atoms with E-state index in [0.29, 0.717) is 16.2 Å². The van der Waals surface area contributed by atoms with Crippen LogP contribution in [0.4, 0.5) is 0 Å². The van der Waals surface area contributed by atoms with Gasteiger partial charge in [-0.05, 0) is 43.0 Å². The number of nitrogens with zero attached hydrogens (tertiary/aromatic N) is 3. The summed E-state index contributed by atoms with van der Waals surface area (Å²) in [5.41, 5.74) is 1.79. The summed E-state index contributed by atoms with van der Waals surface area (Å²) in [6.45, 7) is 1.76. The van der Waals surface area contributed by atoms with Crippen LogP contribution in [0.25, 0.3) is 5.52 Å². The van der Waals surface area contributed by atoms with Crippen molar-refractivity contribution in [3.8, 4) is 0 Å². The van der Waals surface area contributed by atoms with Crippen LogP contribution in [0.15, 0.2) is 48.7 Å². The van der Waals surface area contributed by atoms with Gasteiger partial charge in [-0.3, -0.25) is 14.0 Å². The van der Waals surface area contributed by atoms with Crippen molar-refractivity contribution in [2.24, 2.45) is 0 Å². The summed E-state index contributed by atoms with van der Waals surface area (Å²) in [5, 5.41) is 3.44. The Labute approximate surface area is 168 Å². The number of benzene rings is 1. The quantitative estimate of drug-likeness (QED) is 0.733. The average molecular weight is 397 g/mol. The van der Waals surface area contributed by atoms with E-state index in [1.165, 1.54) is 0 Å². The van der Waals surface area contributed by atoms with E-state index in [2.05, 4.69) is 10.3 Å². The van der Waals surface area contributed by atoms with Gasteiger partial charge < -0.3 is 10.2 Å². The molecule has 2 amide bonds. The van der Waals surface area contributed by atoms with Crippen molar-refractivity contribution in [2.75, 3.05) is 13.1 Å². The predicted octanol–water partition coefficient (Wildman–Crippen LogP) is 3.54. The van der Waals surface area contributed by atoms with E-state index in [1.54, 1.807) is 16.7 Å². The van der Waals surface area contributed by atoms with Crippen molar-refractivity contribution in [1.82, 2.24) is 19.6 Å². The maximum Gasteiger partial charge on any atom is 0.287 e. The van der Waals surface area contributed by atoms with Gasteiger partial charge in [-0.25, -0.2) is 4.98 Å². The molecule has 1 saturated heterocycles. The summed E-state index contributed by atoms with van der Waals surface area (Å²) in [4.78, 5) is 32.0. The number of aromatic nitrogens is 2. The van der Waals surface area contributed by atoms with Gasteiger partial charge in [0.1, 0.15) is 0 Å². The maximum absolute atomic E-state index is 13.0. The van der Waals surface area contributed by atoms with E-state index in [4.69, 9.17) is 11.6 Å². The number of carbonyl (C=O) groups is 2. The number of carbonyl (C=O) groups excluding carboxylic acids is 2. The second-order valence-electron chi connectivity index (χ2n) is 6.87. The van der Waals surface area contributed by atoms with Gasteiger partial charge in [0.15, 0.2) is 5.69 Å². The molecule has 0 saturated carbocycles. The first-order chi connectivity index (χ1) is 13.6. The van der Waals surface area contributed by atoms with Crippen LogP contribution in [0.5, 0.6) is 0 Å². The first-order valence-electron chi connectivity index (χ1n) is 9.43. The molecule has 1 fully saturated rings. The molecule has 7 heteroatoms. The van der Waals surface area contributed by atoms with Crippen LogP contribution in [0.2, 0.25) is 5.02 Å². The molecule has 0 radical (unpaired) electrons. The van der Waals surface area contributed by atoms with Crippen LogP contribution in [0.1, 0.15) is 45.9 Å². The molecule has 2 aromatic heterocycles. The summed E-state index contributed by atoms with van der Waals surface area (Å²) in [5.74, 6) is -0.268. The molecule has 3 heterocycles. The van der Waals surface area contributed by atoms with Crippen molar-refractivity contribution in [1.29, 1.82) is 0 Å². The first-order valence-corrected chi connectivity index (χ1v) is 9.81. The molecule has 3 aromatic rings. The summed E-state index contributed by atoms with van der Waals surface area (Å²) in [7, 11) is 0. The predicted molar refractivity (Wildman–Crippen MR) is 108 cm³/mol. The standard InChI is InChI=1S/C21H21ClN4O2/c22-16-9-3-2-8-15(16)14-23-20(27)19-24-18(17-10-4-7-13-26(17)19)21(28)25-11-5-1-6-12-25/h2-4,7-10,13H,1,5-6,11-12,14H2,(H,23,27). The van der Waals surface area contributed by atoms with Crippen LogP contribution in [0.3, 0.4) is 0 Å². The largest absolute Gasteiger partial charge is 0.345 e. The number of halogens is 1. The topological polar surface area (TPSA) is 66.7 Å². The number of nitrogens with one attached hydrogen (secondary N) is 1. The molecule has 6 nitrogen and oxygen atoms in total. The molecule has 28 heavy (non-hydrogen) atoms. The molecule has 0 unspecified atom stereocenters. The zero-order chi connectivity index (χ0) is 19.5. The highest BCUT2D eigenvalue weighted by Gasteiger charge is 2.26. The summed E-state index contributed by atoms with van der Waals surface area (Å²) in [6.07, 6.45) is 4.90. The third kappa shape index (κ3) is 3.60. The van der Waals surface area contributed by atoms with E-state index >= 15 is 0 Å². The third-order valence-corrected chi connectivity index (χ3v) is 5.36. The fourth-order valence-corrected chi connectivity index (χ4v) is 3.70. The molecule has 1 aromatic carbocycles. The molecule has 0 aliphatic carbocycles. The monoisotopic (exact) mass is 396 g/mol. The molecule has 1 aliphatic rings. The van der Waals surface area contributed by atoms with Crippen LogP contribution in [0, 0.1) is 0 Å². The highest BCUT2D eigenvalue weighted by Crippen LogP contribution is 2.19. The first kappa shape index (κ1) is 18.5. The van der Waals surface area contributed by atoms with Gasteiger partial charge in [-0.1, -0.05) is 35.9 Å². The number of amides is 2. The van der Waals surface area contributed by atoms with Crippen molar-refractivity contribution < 1.29 is 9.59 Å². The highest BCUT2D eigenvalue weighted by atomic mass is 35.5. The summed E-state index contributed by atoms with van der Waals surface area (Å²) < 4.78 is 1.67. The Morgan fingerprint density at radius 2 is 1.79 bits per heavy atom. The molecule has 0 bridgehead atoms. The molecular weight excluding hydrogens is 376 g/mol. The number of imidazole rings is 1. The smallest absolute Gasteiger partial charge is 0.287 e. The minimum absolute atomic E-state index is 0.117. The summed E-state index contributed by atoms with van der Waals surface area (Å²) in [6, 6.07) is 12.8. The highest BCUT2D eigenvalue weighted by molar-refractivity contribution is 6.31. The Balaban J connectivity index is 1.61. The van der Waals surface area contributed by atoms with Crippen molar-refractivity contribution in [3.05, 3.63) is 70.8 Å². The normalized spacial score (nSPS) is 14.2. The Hall–Kier alpha value is -2.86. The number of pyridine rings is 1. The van der Waals surface area contributed by atoms with Crippen molar-refractivity contribution >= 4 is 28.9 Å². The van der Waals surface area contributed by atoms with Gasteiger partial charge in [-0.2, -0.15) is 0 Å². The van der Waals surface area contributed by atoms with E-state index in [0.717, 1.165) is 37.9 Å². The zero-order valence-electron chi connectivity index (χ0n) is 15.4. The van der Waals surface area contributed by atoms with Gasteiger partial charge in [0, 0.05) is 30.9 Å². The minimum Gasteiger partial charge on any atom is -0.345 e. The van der Waals surface area contributed by atoms with Crippen molar-refractivity contribution in [2.45, 2.75) is 25.8 Å². The second-order valence-corrected chi connectivity index (χ2v) is 7.27. The second kappa shape index (κ2) is 8.02. The number of likely N-dealkylation sites (tertiary alicyclic amines) is 1. The van der Waals surface area contributed by atoms with Gasteiger partial charge >= 0.3 is 0 Å². The van der Waals surface area contributed by atoms with Crippen LogP contribution in [-0.2, 0) is 6.54 Å². The third-order valence-electron chi connectivity index (χ3n) is 4.99. The van der Waals surface area contributed by atoms with Gasteiger partial charge in [0.05, 0.1) is 5.52 Å². The van der Waals surface area contributed by atoms with Gasteiger partial charge in [0.2, 0.25) is 5.82 Å². The van der Waals surface area contributed by atoms with Crippen LogP contribution < -0.4 is 5.32 Å². The summed E-state index contributed by atoms with van der Waals surface area (Å²) >= 11 is 6.16. The number of piperidine rings is 1. The Kier molecular flexibility index (Phi) is 5.30. The molecule has 0 atom stereocenters. The van der Waals surface area contributed by atoms with E-state index in [9.17, 15) is 9.59 Å². The van der Waals surface area contributed by atoms with Crippen LogP contribution >= 0.6 is 11.6 Å². The Morgan fingerprint density at radius 1 is 1.04 bits per heavy atom. The van der Waals surface area contributed by atoms with E-state index < -0.39 is 0 Å². The molecule has 1 aliphatic heterocycles. The average Bonchev–Trinajstić information content (AvgIpc) is 3.13. The molecule has 0 spiro atoms. The molecule has 144 valence electrons. The van der Waals surface area contributed by atoms with Crippen molar-refractivity contribution in [3.63, 3.8) is 0 Å². The number of hydrogen-bond acceptors (Lipinski definition) is 3. The lowest BCUT2D eigenvalue weighted by Gasteiger charge is -2.25. The minimum atomic E-state index is -0.348. The molecular formula is C21H21ClN4O2. The van der Waals surface area contributed by atoms with E-state index in [1.807, 2.05) is 41.3 Å². The number of hydrogen-bond donors (Lipinski definition) is 1.